The van der Waals surface area contributed by atoms with Gasteiger partial charge >= 0.3 is 21.7 Å². The Morgan fingerprint density at radius 3 is 1.42 bits per heavy atom. The summed E-state index contributed by atoms with van der Waals surface area (Å²) in [6, 6.07) is 31.3. The Morgan fingerprint density at radius 1 is 0.667 bits per heavy atom. The molecule has 0 aliphatic carbocycles. The summed E-state index contributed by atoms with van der Waals surface area (Å²) >= 11 is 0. The molecular weight excluding hydrogens is 486 g/mol. The maximum Gasteiger partial charge on any atom is 4.00 e. The predicted molar refractivity (Wildman–Crippen MR) is 163 cm³/mol. The Kier molecular flexibility index (Phi) is 21.0. The van der Waals surface area contributed by atoms with Crippen molar-refractivity contribution in [3.63, 3.8) is 0 Å². The second kappa shape index (κ2) is 19.8. The van der Waals surface area contributed by atoms with Crippen molar-refractivity contribution in [2.24, 2.45) is 0 Å². The van der Waals surface area contributed by atoms with Gasteiger partial charge in [-0.3, -0.25) is 0 Å². The summed E-state index contributed by atoms with van der Waals surface area (Å²) in [5.41, 5.74) is 11.9. The van der Waals surface area contributed by atoms with E-state index in [1.54, 1.807) is 0 Å². The Labute approximate surface area is 240 Å². The van der Waals surface area contributed by atoms with Crippen LogP contribution in [0.2, 0.25) is 0 Å². The molecule has 0 amide bonds. The zero-order chi connectivity index (χ0) is 23.4. The fraction of sp³-hybridized carbons (Fsp3) is 0.182. The zero-order valence-electron chi connectivity index (χ0n) is 23.0. The van der Waals surface area contributed by atoms with E-state index in [0.717, 1.165) is 0 Å². The molecule has 0 heterocycles. The molecule has 0 unspecified atom stereocenters. The van der Waals surface area contributed by atoms with Crippen LogP contribution in [0.4, 0.5) is 0 Å². The van der Waals surface area contributed by atoms with Crippen molar-refractivity contribution in [2.75, 3.05) is 0 Å². The molecule has 0 spiro atoms. The normalized spacial score (nSPS) is 9.94. The molecule has 0 saturated heterocycles. The van der Waals surface area contributed by atoms with Crippen LogP contribution in [0.5, 0.6) is 0 Å². The maximum atomic E-state index is 6.94. The van der Waals surface area contributed by atoms with Crippen molar-refractivity contribution in [2.45, 2.75) is 40.2 Å². The molecule has 186 valence electrons. The van der Waals surface area contributed by atoms with Gasteiger partial charge in [0.15, 0.2) is 0 Å². The number of rotatable bonds is 3. The molecule has 4 aromatic rings. The summed E-state index contributed by atoms with van der Waals surface area (Å²) in [5, 5.41) is 2.76. The van der Waals surface area contributed by atoms with Gasteiger partial charge in [0.1, 0.15) is 0 Å². The molecule has 0 bridgehead atoms. The number of hydrogen-bond acceptors (Lipinski definition) is 0. The first-order valence-corrected chi connectivity index (χ1v) is 11.1. The monoisotopic (exact) mass is 527 g/mol. The fourth-order valence-electron chi connectivity index (χ4n) is 2.98. The molecule has 1 nitrogen and oxygen atoms in total. The number of benzene rings is 3. The van der Waals surface area contributed by atoms with E-state index in [2.05, 4.69) is 92.7 Å². The van der Waals surface area contributed by atoms with Gasteiger partial charge in [-0.1, -0.05) is 126 Å². The molecule has 0 aliphatic heterocycles. The van der Waals surface area contributed by atoms with Crippen LogP contribution in [0.25, 0.3) is 28.7 Å². The number of aryl methyl sites for hydroxylation is 2. The van der Waals surface area contributed by atoms with Crippen molar-refractivity contribution < 1.29 is 21.7 Å². The average Bonchev–Trinajstić information content (AvgIpc) is 3.06. The summed E-state index contributed by atoms with van der Waals surface area (Å²) < 4.78 is 0. The maximum absolute atomic E-state index is 6.94. The van der Waals surface area contributed by atoms with Gasteiger partial charge < -0.3 is 20.6 Å². The van der Waals surface area contributed by atoms with Gasteiger partial charge in [-0.25, -0.2) is 0 Å². The third-order valence-electron chi connectivity index (χ3n) is 4.62. The summed E-state index contributed by atoms with van der Waals surface area (Å²) in [5.74, 6) is 0. The average molecular weight is 528 g/mol. The van der Waals surface area contributed by atoms with Crippen LogP contribution in [0.15, 0.2) is 103 Å². The first-order valence-electron chi connectivity index (χ1n) is 11.1. The van der Waals surface area contributed by atoms with Crippen LogP contribution in [-0.4, -0.2) is 16.5 Å². The summed E-state index contributed by atoms with van der Waals surface area (Å²) in [6.45, 7) is 9.90. The van der Waals surface area contributed by atoms with E-state index in [4.69, 9.17) is 5.73 Å². The van der Waals surface area contributed by atoms with E-state index in [-0.39, 0.29) is 53.1 Å². The number of fused-ring (bicyclic) bond motifs is 1. The molecule has 1 N–H and O–H groups in total. The molecule has 0 aliphatic rings. The van der Waals surface area contributed by atoms with Crippen LogP contribution in [0.3, 0.4) is 0 Å². The van der Waals surface area contributed by atoms with Crippen molar-refractivity contribution in [3.8, 4) is 0 Å². The first kappa shape index (κ1) is 38.2. The number of nitrogens with one attached hydrogen (secondary N) is 1. The smallest absolute Gasteiger partial charge is 0.673 e. The number of allylic oxidation sites excluding steroid dienone is 2. The van der Waals surface area contributed by atoms with Gasteiger partial charge in [-0.2, -0.15) is 5.56 Å². The number of hydrogen-bond donors (Lipinski definition) is 0. The second-order valence-electron chi connectivity index (χ2n) is 8.83. The van der Waals surface area contributed by atoms with Crippen molar-refractivity contribution in [1.29, 1.82) is 0 Å². The second-order valence-corrected chi connectivity index (χ2v) is 8.83. The van der Waals surface area contributed by atoms with Gasteiger partial charge in [-0.15, -0.1) is 46.1 Å². The minimum atomic E-state index is -0.250. The quantitative estimate of drug-likeness (QED) is 0.144. The van der Waals surface area contributed by atoms with Gasteiger partial charge in [0.25, 0.3) is 0 Å². The Hall–Kier alpha value is -2.36. The Morgan fingerprint density at radius 2 is 1.03 bits per heavy atom. The van der Waals surface area contributed by atoms with Gasteiger partial charge in [0, 0.05) is 11.0 Å². The molecule has 0 saturated carbocycles. The summed E-state index contributed by atoms with van der Waals surface area (Å²) in [6.07, 6.45) is 8.31. The van der Waals surface area contributed by atoms with Crippen molar-refractivity contribution in [1.82, 2.24) is 0 Å². The third kappa shape index (κ3) is 15.6. The molecule has 36 heavy (non-hydrogen) atoms. The van der Waals surface area contributed by atoms with Crippen LogP contribution in [0, 0.1) is 28.7 Å². The SMILES string of the molecule is C(C=Cc1ccccc1)=Cc1ccccc1.CC(C)(C)[NH-].Cc1[cH-]c2ccccc2c1C.[CH3-].[CH3-].[Si].[Ti+4]. The molecule has 0 atom stereocenters. The molecule has 0 aromatic heterocycles. The minimum absolute atomic E-state index is 0. The summed E-state index contributed by atoms with van der Waals surface area (Å²) in [7, 11) is 0. The van der Waals surface area contributed by atoms with Crippen LogP contribution in [-0.2, 0) is 21.7 Å². The molecule has 3 heteroatoms. The molecule has 4 aromatic carbocycles. The summed E-state index contributed by atoms with van der Waals surface area (Å²) in [4.78, 5) is 0. The van der Waals surface area contributed by atoms with E-state index >= 15 is 0 Å². The van der Waals surface area contributed by atoms with Crippen LogP contribution in [0.1, 0.15) is 43.0 Å². The fourth-order valence-corrected chi connectivity index (χ4v) is 2.98. The van der Waals surface area contributed by atoms with E-state index in [1.807, 2.05) is 57.2 Å². The topological polar surface area (TPSA) is 23.8 Å². The molecule has 0 fully saturated rings. The zero-order valence-corrected chi connectivity index (χ0v) is 25.5. The Bertz CT molecular complexity index is 1070. The van der Waals surface area contributed by atoms with E-state index < -0.39 is 0 Å². The first-order chi connectivity index (χ1) is 15.2. The van der Waals surface area contributed by atoms with Crippen molar-refractivity contribution in [3.05, 3.63) is 146 Å². The van der Waals surface area contributed by atoms with Gasteiger partial charge in [0.05, 0.1) is 0 Å². The van der Waals surface area contributed by atoms with E-state index in [9.17, 15) is 0 Å². The third-order valence-corrected chi connectivity index (χ3v) is 4.62. The predicted octanol–water partition coefficient (Wildman–Crippen LogP) is 9.94. The standard InChI is InChI=1S/C16H14.C11H11.C4H10N.2CH3.Si.Ti/c1-3-9-15(10-4-1)13-7-8-14-16-11-5-2-6-12-16;1-8-7-10-5-3-4-6-11(10)9(8)2;1-4(2,3)5;;;;/h1-14H;3-7H,1-2H3;5H,1-3H3;2*1H3;;/q;4*-1;;+4. The Balaban J connectivity index is -0.000000481. The minimum Gasteiger partial charge on any atom is -0.673 e. The van der Waals surface area contributed by atoms with Crippen LogP contribution >= 0.6 is 0 Å². The van der Waals surface area contributed by atoms with E-state index in [1.165, 1.54) is 33.0 Å². The van der Waals surface area contributed by atoms with Crippen LogP contribution < -0.4 is 0 Å². The van der Waals surface area contributed by atoms with Crippen molar-refractivity contribution >= 4 is 33.9 Å². The molecule has 4 rings (SSSR count). The largest absolute Gasteiger partial charge is 4.00 e. The molecular formula is C33H41NSiTi. The van der Waals surface area contributed by atoms with E-state index in [0.29, 0.717) is 0 Å². The molecule has 4 radical (unpaired) electrons. The van der Waals surface area contributed by atoms with Gasteiger partial charge in [-0.05, 0) is 11.1 Å². The van der Waals surface area contributed by atoms with Gasteiger partial charge in [0.2, 0.25) is 0 Å².